The summed E-state index contributed by atoms with van der Waals surface area (Å²) < 4.78 is 207. The molecule has 1 rings (SSSR count). The Bertz CT molecular complexity index is 577. The average Bonchev–Trinajstić information content (AvgIpc) is 3.03. The Morgan fingerprint density at radius 2 is 0.862 bits per heavy atom. The minimum absolute atomic E-state index is 0.0397. The van der Waals surface area contributed by atoms with Gasteiger partial charge in [0.05, 0.1) is 13.2 Å². The second-order valence-electron chi connectivity index (χ2n) is 5.40. The molecule has 0 N–H and O–H groups in total. The Balaban J connectivity index is 3.62. The first kappa shape index (κ1) is 25.9. The van der Waals surface area contributed by atoms with E-state index in [0.29, 0.717) is 0 Å². The lowest BCUT2D eigenvalue weighted by Gasteiger charge is -2.44. The third-order valence-corrected chi connectivity index (χ3v) is 3.65. The van der Waals surface area contributed by atoms with Crippen molar-refractivity contribution in [3.63, 3.8) is 0 Å². The van der Waals surface area contributed by atoms with Crippen LogP contribution in [0.3, 0.4) is 0 Å². The molecule has 1 aliphatic rings. The van der Waals surface area contributed by atoms with Crippen LogP contribution in [0.4, 0.5) is 65.9 Å². The first-order valence-electron chi connectivity index (χ1n) is 6.68. The van der Waals surface area contributed by atoms with Gasteiger partial charge in [-0.15, -0.1) is 0 Å². The number of hydrogen-bond donors (Lipinski definition) is 0. The number of hydrogen-bond acceptors (Lipinski definition) is 3. The van der Waals surface area contributed by atoms with Gasteiger partial charge in [-0.25, -0.2) is 0 Å². The second-order valence-corrected chi connectivity index (χ2v) is 5.40. The number of halogens is 15. The van der Waals surface area contributed by atoms with Crippen molar-refractivity contribution in [2.45, 2.75) is 47.7 Å². The topological polar surface area (TPSA) is 27.7 Å². The Morgan fingerprint density at radius 1 is 0.552 bits per heavy atom. The lowest BCUT2D eigenvalue weighted by atomic mass is 9.90. The maximum atomic E-state index is 13.9. The normalized spacial score (nSPS) is 20.3. The van der Waals surface area contributed by atoms with Gasteiger partial charge in [0.25, 0.3) is 0 Å². The molecule has 0 atom stereocenters. The highest BCUT2D eigenvalue weighted by Gasteiger charge is 2.95. The van der Waals surface area contributed by atoms with Gasteiger partial charge >= 0.3 is 47.7 Å². The van der Waals surface area contributed by atoms with Crippen molar-refractivity contribution < 1.29 is 80.1 Å². The van der Waals surface area contributed by atoms with E-state index >= 15 is 0 Å². The molecule has 29 heavy (non-hydrogen) atoms. The Labute approximate surface area is 149 Å². The fraction of sp³-hybridized carbons (Fsp3) is 1.00. The zero-order valence-corrected chi connectivity index (χ0v) is 13.3. The number of methoxy groups -OCH3 is 1. The molecule has 0 saturated carbocycles. The summed E-state index contributed by atoms with van der Waals surface area (Å²) >= 11 is 0. The largest absolute Gasteiger partial charge is 0.460 e. The Morgan fingerprint density at radius 3 is 1.17 bits per heavy atom. The smallest absolute Gasteiger partial charge is 0.326 e. The zero-order valence-electron chi connectivity index (χ0n) is 13.3. The molecule has 1 fully saturated rings. The summed E-state index contributed by atoms with van der Waals surface area (Å²) in [5.41, 5.74) is 0. The average molecular weight is 472 g/mol. The summed E-state index contributed by atoms with van der Waals surface area (Å²) in [6, 6.07) is 0. The summed E-state index contributed by atoms with van der Waals surface area (Å²) in [5, 5.41) is 0. The van der Waals surface area contributed by atoms with Gasteiger partial charge in [0.2, 0.25) is 0 Å². The molecular formula is C11H7F15O3. The lowest BCUT2D eigenvalue weighted by Crippen LogP contribution is -2.75. The molecule has 0 spiro atoms. The van der Waals surface area contributed by atoms with Crippen LogP contribution in [0.5, 0.6) is 0 Å². The molecule has 0 radical (unpaired) electrons. The van der Waals surface area contributed by atoms with Crippen molar-refractivity contribution in [2.75, 3.05) is 20.3 Å². The van der Waals surface area contributed by atoms with E-state index in [9.17, 15) is 65.9 Å². The maximum Gasteiger partial charge on any atom is 0.460 e. The van der Waals surface area contributed by atoms with Crippen LogP contribution in [0.2, 0.25) is 0 Å². The first-order chi connectivity index (χ1) is 12.5. The van der Waals surface area contributed by atoms with Gasteiger partial charge in [-0.2, -0.15) is 65.9 Å². The van der Waals surface area contributed by atoms with Crippen LogP contribution in [0.1, 0.15) is 0 Å². The Kier molecular flexibility index (Phi) is 5.94. The molecule has 0 bridgehead atoms. The van der Waals surface area contributed by atoms with Gasteiger partial charge in [0.1, 0.15) is 0 Å². The van der Waals surface area contributed by atoms with Crippen molar-refractivity contribution in [3.8, 4) is 0 Å². The highest BCUT2D eigenvalue weighted by Crippen LogP contribution is 2.64. The van der Waals surface area contributed by atoms with Gasteiger partial charge < -0.3 is 14.2 Å². The molecule has 174 valence electrons. The van der Waals surface area contributed by atoms with Crippen LogP contribution in [0.15, 0.2) is 0 Å². The van der Waals surface area contributed by atoms with Crippen LogP contribution < -0.4 is 0 Å². The molecule has 0 aromatic heterocycles. The van der Waals surface area contributed by atoms with Crippen LogP contribution in [0, 0.1) is 0 Å². The molecule has 0 unspecified atom stereocenters. The SMILES string of the molecule is COC1(C(F)(F)C(F)(F)C(F)(F)C(F)(F)C(F)(F)C(F)(F)C(F)(F)F)OCCO1. The summed E-state index contributed by atoms with van der Waals surface area (Å²) in [5.74, 6) is -52.1. The van der Waals surface area contributed by atoms with E-state index in [2.05, 4.69) is 14.2 Å². The monoisotopic (exact) mass is 472 g/mol. The van der Waals surface area contributed by atoms with E-state index in [4.69, 9.17) is 0 Å². The minimum Gasteiger partial charge on any atom is -0.326 e. The molecule has 3 nitrogen and oxygen atoms in total. The van der Waals surface area contributed by atoms with E-state index in [0.717, 1.165) is 0 Å². The summed E-state index contributed by atoms with van der Waals surface area (Å²) in [6.07, 6.45) is -7.65. The van der Waals surface area contributed by atoms with Crippen molar-refractivity contribution in [1.29, 1.82) is 0 Å². The molecule has 0 aromatic rings. The first-order valence-corrected chi connectivity index (χ1v) is 6.68. The fourth-order valence-corrected chi connectivity index (χ4v) is 1.98. The van der Waals surface area contributed by atoms with Gasteiger partial charge in [-0.3, -0.25) is 0 Å². The van der Waals surface area contributed by atoms with Crippen molar-refractivity contribution in [3.05, 3.63) is 0 Å². The third kappa shape index (κ3) is 3.03. The molecule has 1 heterocycles. The van der Waals surface area contributed by atoms with E-state index in [-0.39, 0.29) is 7.11 Å². The minimum atomic E-state index is -8.38. The molecule has 1 saturated heterocycles. The highest BCUT2D eigenvalue weighted by atomic mass is 19.4. The molecular weight excluding hydrogens is 465 g/mol. The number of rotatable bonds is 7. The predicted octanol–water partition coefficient (Wildman–Crippen LogP) is 4.71. The van der Waals surface area contributed by atoms with Crippen molar-refractivity contribution >= 4 is 0 Å². The highest BCUT2D eigenvalue weighted by molar-refractivity contribution is 5.14. The molecule has 1 aliphatic heterocycles. The van der Waals surface area contributed by atoms with Gasteiger partial charge in [-0.05, 0) is 0 Å². The fourth-order valence-electron chi connectivity index (χ4n) is 1.98. The van der Waals surface area contributed by atoms with Crippen molar-refractivity contribution in [1.82, 2.24) is 0 Å². The van der Waals surface area contributed by atoms with Crippen LogP contribution >= 0.6 is 0 Å². The predicted molar refractivity (Wildman–Crippen MR) is 57.4 cm³/mol. The van der Waals surface area contributed by atoms with Crippen LogP contribution in [0.25, 0.3) is 0 Å². The van der Waals surface area contributed by atoms with Crippen molar-refractivity contribution in [2.24, 2.45) is 0 Å². The number of ether oxygens (including phenoxy) is 3. The molecule has 0 aliphatic carbocycles. The zero-order chi connectivity index (χ0) is 23.5. The lowest BCUT2D eigenvalue weighted by molar-refractivity contribution is -0.495. The van der Waals surface area contributed by atoms with Gasteiger partial charge in [-0.1, -0.05) is 0 Å². The quantitative estimate of drug-likeness (QED) is 0.503. The molecule has 18 heteroatoms. The molecule has 0 aromatic carbocycles. The summed E-state index contributed by atoms with van der Waals surface area (Å²) in [7, 11) is 0.0397. The van der Waals surface area contributed by atoms with Gasteiger partial charge in [0.15, 0.2) is 0 Å². The maximum absolute atomic E-state index is 13.9. The van der Waals surface area contributed by atoms with Gasteiger partial charge in [0, 0.05) is 7.11 Å². The Hall–Kier alpha value is -1.17. The third-order valence-electron chi connectivity index (χ3n) is 3.65. The van der Waals surface area contributed by atoms with E-state index in [1.165, 1.54) is 0 Å². The van der Waals surface area contributed by atoms with E-state index < -0.39 is 60.9 Å². The molecule has 0 amide bonds. The van der Waals surface area contributed by atoms with E-state index in [1.54, 1.807) is 0 Å². The summed E-state index contributed by atoms with van der Waals surface area (Å²) in [6.45, 7) is -2.19. The van der Waals surface area contributed by atoms with Crippen LogP contribution in [-0.2, 0) is 14.2 Å². The second kappa shape index (κ2) is 6.66. The number of alkyl halides is 15. The van der Waals surface area contributed by atoms with E-state index in [1.807, 2.05) is 0 Å². The standard InChI is InChI=1S/C11H7F15O3/c1-27-11(28-2-3-29-11)9(22,23)7(18,19)5(14,15)4(12,13)6(16,17)8(20,21)10(24,25)26/h2-3H2,1H3. The van der Waals surface area contributed by atoms with Crippen LogP contribution in [-0.4, -0.2) is 68.0 Å². The summed E-state index contributed by atoms with van der Waals surface area (Å²) in [4.78, 5) is 0.